The van der Waals surface area contributed by atoms with E-state index in [0.717, 1.165) is 38.2 Å². The molecule has 0 aliphatic carbocycles. The fourth-order valence-corrected chi connectivity index (χ4v) is 4.63. The number of pyridine rings is 1. The number of aromatic nitrogens is 1. The molecule has 0 spiro atoms. The molecule has 0 N–H and O–H groups in total. The molecular formula is C26H31N3O2. The number of carbonyl (C=O) groups is 1. The molecule has 4 rings (SSSR count). The van der Waals surface area contributed by atoms with E-state index in [0.29, 0.717) is 23.1 Å². The second-order valence-corrected chi connectivity index (χ2v) is 8.56. The van der Waals surface area contributed by atoms with Crippen molar-refractivity contribution in [3.8, 4) is 0 Å². The topological polar surface area (TPSA) is 49.6 Å². The van der Waals surface area contributed by atoms with E-state index in [4.69, 9.17) is 4.42 Å². The van der Waals surface area contributed by atoms with Crippen LogP contribution in [0.5, 0.6) is 0 Å². The monoisotopic (exact) mass is 417 g/mol. The second kappa shape index (κ2) is 9.48. The molecule has 1 fully saturated rings. The standard InChI is InChI=1S/C26H31N3O2/c1-19-18-28(15-12-22-9-5-4-6-10-22)16-13-24(19)29(25-11-7-8-14-27-25)26(30)23-17-20(2)31-21(23)3/h4-11,14,17,19,24H,12-13,15-16,18H2,1-3H3/t19-,24-/m0/s1. The molecule has 3 heterocycles. The van der Waals surface area contributed by atoms with Gasteiger partial charge in [0.15, 0.2) is 0 Å². The summed E-state index contributed by atoms with van der Waals surface area (Å²) in [7, 11) is 0. The molecular weight excluding hydrogens is 386 g/mol. The normalized spacial score (nSPS) is 19.3. The summed E-state index contributed by atoms with van der Waals surface area (Å²) >= 11 is 0. The molecule has 0 saturated carbocycles. The van der Waals surface area contributed by atoms with Crippen LogP contribution < -0.4 is 4.90 Å². The maximum atomic E-state index is 13.6. The Balaban J connectivity index is 1.51. The summed E-state index contributed by atoms with van der Waals surface area (Å²) in [6.07, 6.45) is 3.73. The number of hydrogen-bond acceptors (Lipinski definition) is 4. The first-order valence-electron chi connectivity index (χ1n) is 11.1. The fraction of sp³-hybridized carbons (Fsp3) is 0.385. The molecule has 5 nitrogen and oxygen atoms in total. The molecule has 0 radical (unpaired) electrons. The average molecular weight is 418 g/mol. The Morgan fingerprint density at radius 2 is 1.94 bits per heavy atom. The van der Waals surface area contributed by atoms with Crippen LogP contribution in [0.15, 0.2) is 65.2 Å². The van der Waals surface area contributed by atoms with Gasteiger partial charge < -0.3 is 9.32 Å². The van der Waals surface area contributed by atoms with Gasteiger partial charge in [0.2, 0.25) is 0 Å². The quantitative estimate of drug-likeness (QED) is 0.573. The number of rotatable bonds is 6. The van der Waals surface area contributed by atoms with Gasteiger partial charge in [-0.3, -0.25) is 9.69 Å². The minimum Gasteiger partial charge on any atom is -0.466 e. The minimum absolute atomic E-state index is 0.0253. The Bertz CT molecular complexity index is 1000. The molecule has 1 amide bonds. The van der Waals surface area contributed by atoms with Crippen molar-refractivity contribution in [2.75, 3.05) is 24.5 Å². The van der Waals surface area contributed by atoms with Crippen molar-refractivity contribution in [1.29, 1.82) is 0 Å². The van der Waals surface area contributed by atoms with E-state index in [-0.39, 0.29) is 11.9 Å². The van der Waals surface area contributed by atoms with Crippen LogP contribution >= 0.6 is 0 Å². The van der Waals surface area contributed by atoms with Gasteiger partial charge in [0, 0.05) is 31.9 Å². The van der Waals surface area contributed by atoms with Crippen LogP contribution in [0.25, 0.3) is 0 Å². The summed E-state index contributed by atoms with van der Waals surface area (Å²) < 4.78 is 5.65. The number of amides is 1. The average Bonchev–Trinajstić information content (AvgIpc) is 3.13. The summed E-state index contributed by atoms with van der Waals surface area (Å²) in [5.41, 5.74) is 2.00. The van der Waals surface area contributed by atoms with Crippen LogP contribution in [0.3, 0.4) is 0 Å². The molecule has 1 aromatic carbocycles. The minimum atomic E-state index is -0.0253. The largest absolute Gasteiger partial charge is 0.466 e. The molecule has 2 atom stereocenters. The number of nitrogens with zero attached hydrogens (tertiary/aromatic N) is 3. The Labute approximate surface area is 184 Å². The van der Waals surface area contributed by atoms with Crippen molar-refractivity contribution in [2.24, 2.45) is 5.92 Å². The van der Waals surface area contributed by atoms with Gasteiger partial charge in [0.05, 0.1) is 5.56 Å². The predicted octanol–water partition coefficient (Wildman–Crippen LogP) is 4.89. The number of hydrogen-bond donors (Lipinski definition) is 0. The van der Waals surface area contributed by atoms with Crippen LogP contribution in [0.4, 0.5) is 5.82 Å². The third kappa shape index (κ3) is 4.88. The molecule has 31 heavy (non-hydrogen) atoms. The van der Waals surface area contributed by atoms with E-state index >= 15 is 0 Å². The van der Waals surface area contributed by atoms with E-state index in [1.807, 2.05) is 43.0 Å². The first-order chi connectivity index (χ1) is 15.0. The highest BCUT2D eigenvalue weighted by Crippen LogP contribution is 2.29. The Morgan fingerprint density at radius 1 is 1.16 bits per heavy atom. The SMILES string of the molecule is Cc1cc(C(=O)N(c2ccccn2)[C@H]2CCN(CCc3ccccc3)C[C@@H]2C)c(C)o1. The highest BCUT2D eigenvalue weighted by molar-refractivity contribution is 6.06. The molecule has 2 aromatic heterocycles. The van der Waals surface area contributed by atoms with E-state index in [2.05, 4.69) is 47.1 Å². The molecule has 162 valence electrons. The van der Waals surface area contributed by atoms with Crippen LogP contribution in [0, 0.1) is 19.8 Å². The number of carbonyl (C=O) groups excluding carboxylic acids is 1. The van der Waals surface area contributed by atoms with Crippen molar-refractivity contribution in [1.82, 2.24) is 9.88 Å². The maximum Gasteiger partial charge on any atom is 0.263 e. The zero-order valence-corrected chi connectivity index (χ0v) is 18.6. The second-order valence-electron chi connectivity index (χ2n) is 8.56. The van der Waals surface area contributed by atoms with Crippen LogP contribution in [-0.4, -0.2) is 41.5 Å². The first-order valence-corrected chi connectivity index (χ1v) is 11.1. The van der Waals surface area contributed by atoms with Gasteiger partial charge in [0.1, 0.15) is 17.3 Å². The number of aryl methyl sites for hydroxylation is 2. The zero-order valence-electron chi connectivity index (χ0n) is 18.6. The highest BCUT2D eigenvalue weighted by Gasteiger charge is 2.36. The van der Waals surface area contributed by atoms with E-state index in [1.54, 1.807) is 6.20 Å². The smallest absolute Gasteiger partial charge is 0.263 e. The van der Waals surface area contributed by atoms with Crippen molar-refractivity contribution >= 4 is 11.7 Å². The third-order valence-corrected chi connectivity index (χ3v) is 6.22. The lowest BCUT2D eigenvalue weighted by Crippen LogP contribution is -2.53. The summed E-state index contributed by atoms with van der Waals surface area (Å²) in [6.45, 7) is 8.96. The van der Waals surface area contributed by atoms with Crippen molar-refractivity contribution in [3.05, 3.63) is 83.4 Å². The Hall–Kier alpha value is -2.92. The molecule has 1 aliphatic heterocycles. The zero-order chi connectivity index (χ0) is 21.8. The number of likely N-dealkylation sites (tertiary alicyclic amines) is 1. The molecule has 1 aliphatic rings. The van der Waals surface area contributed by atoms with Gasteiger partial charge in [-0.15, -0.1) is 0 Å². The molecule has 5 heteroatoms. The van der Waals surface area contributed by atoms with Crippen molar-refractivity contribution in [3.63, 3.8) is 0 Å². The number of furan rings is 1. The Morgan fingerprint density at radius 3 is 2.58 bits per heavy atom. The fourth-order valence-electron chi connectivity index (χ4n) is 4.63. The lowest BCUT2D eigenvalue weighted by atomic mass is 9.91. The number of benzene rings is 1. The van der Waals surface area contributed by atoms with Gasteiger partial charge in [-0.1, -0.05) is 43.3 Å². The lowest BCUT2D eigenvalue weighted by molar-refractivity contribution is 0.0930. The summed E-state index contributed by atoms with van der Waals surface area (Å²) in [5, 5.41) is 0. The molecule has 1 saturated heterocycles. The van der Waals surface area contributed by atoms with Gasteiger partial charge in [-0.05, 0) is 56.4 Å². The van der Waals surface area contributed by atoms with Gasteiger partial charge in [-0.25, -0.2) is 4.98 Å². The van der Waals surface area contributed by atoms with Gasteiger partial charge in [-0.2, -0.15) is 0 Å². The number of anilines is 1. The molecule has 0 unspecified atom stereocenters. The van der Waals surface area contributed by atoms with E-state index in [9.17, 15) is 4.79 Å². The van der Waals surface area contributed by atoms with Gasteiger partial charge >= 0.3 is 0 Å². The van der Waals surface area contributed by atoms with Crippen molar-refractivity contribution < 1.29 is 9.21 Å². The van der Waals surface area contributed by atoms with Crippen LogP contribution in [-0.2, 0) is 6.42 Å². The van der Waals surface area contributed by atoms with Crippen LogP contribution in [0.2, 0.25) is 0 Å². The number of piperidine rings is 1. The Kier molecular flexibility index (Phi) is 6.52. The molecule has 0 bridgehead atoms. The van der Waals surface area contributed by atoms with E-state index < -0.39 is 0 Å². The summed E-state index contributed by atoms with van der Waals surface area (Å²) in [6, 6.07) is 18.3. The predicted molar refractivity (Wildman–Crippen MR) is 123 cm³/mol. The molecule has 3 aromatic rings. The summed E-state index contributed by atoms with van der Waals surface area (Å²) in [5.74, 6) is 2.44. The highest BCUT2D eigenvalue weighted by atomic mass is 16.3. The maximum absolute atomic E-state index is 13.6. The summed E-state index contributed by atoms with van der Waals surface area (Å²) in [4.78, 5) is 22.6. The third-order valence-electron chi connectivity index (χ3n) is 6.22. The van der Waals surface area contributed by atoms with Crippen LogP contribution in [0.1, 0.15) is 40.8 Å². The van der Waals surface area contributed by atoms with E-state index in [1.165, 1.54) is 5.56 Å². The van der Waals surface area contributed by atoms with Gasteiger partial charge in [0.25, 0.3) is 5.91 Å². The van der Waals surface area contributed by atoms with Crippen molar-refractivity contribution in [2.45, 2.75) is 39.7 Å². The first kappa shape index (κ1) is 21.3. The lowest BCUT2D eigenvalue weighted by Gasteiger charge is -2.42.